The monoisotopic (exact) mass is 168 g/mol. The first-order chi connectivity index (χ1) is 5.65. The van der Waals surface area contributed by atoms with Gasteiger partial charge in [-0.15, -0.1) is 0 Å². The molecule has 64 valence electrons. The van der Waals surface area contributed by atoms with Crippen molar-refractivity contribution in [1.29, 1.82) is 0 Å². The minimum atomic E-state index is -0.519. The normalized spacial score (nSPS) is 9.50. The minimum absolute atomic E-state index is 0.129. The summed E-state index contributed by atoms with van der Waals surface area (Å²) < 4.78 is 4.84. The quantitative estimate of drug-likeness (QED) is 0.493. The highest BCUT2D eigenvalue weighted by molar-refractivity contribution is 5.36. The lowest BCUT2D eigenvalue weighted by Gasteiger charge is -1.98. The largest absolute Gasteiger partial charge is 0.493 e. The van der Waals surface area contributed by atoms with Crippen molar-refractivity contribution in [2.24, 2.45) is 0 Å². The zero-order valence-corrected chi connectivity index (χ0v) is 6.77. The van der Waals surface area contributed by atoms with Gasteiger partial charge in [-0.1, -0.05) is 0 Å². The molecule has 5 heteroatoms. The molecule has 0 aromatic carbocycles. The van der Waals surface area contributed by atoms with Crippen molar-refractivity contribution >= 4 is 5.82 Å². The maximum atomic E-state index is 10.3. The van der Waals surface area contributed by atoms with Gasteiger partial charge in [0.2, 0.25) is 0 Å². The lowest BCUT2D eigenvalue weighted by Crippen LogP contribution is -1.95. The molecular weight excluding hydrogens is 160 g/mol. The number of pyridine rings is 1. The molecule has 0 aliphatic carbocycles. The van der Waals surface area contributed by atoms with E-state index in [1.54, 1.807) is 13.0 Å². The highest BCUT2D eigenvalue weighted by Gasteiger charge is 2.11. The van der Waals surface area contributed by atoms with Gasteiger partial charge in [0.25, 0.3) is 0 Å². The van der Waals surface area contributed by atoms with Gasteiger partial charge < -0.3 is 14.9 Å². The van der Waals surface area contributed by atoms with Gasteiger partial charge in [0, 0.05) is 0 Å². The van der Waals surface area contributed by atoms with Gasteiger partial charge in [-0.3, -0.25) is 0 Å². The van der Waals surface area contributed by atoms with Gasteiger partial charge in [-0.05, 0) is 22.9 Å². The summed E-state index contributed by atoms with van der Waals surface area (Å²) in [5.41, 5.74) is 0.499. The number of nitrogens with zero attached hydrogens (tertiary/aromatic N) is 2. The molecule has 1 heterocycles. The smallest absolute Gasteiger partial charge is 0.366 e. The molecule has 0 saturated heterocycles. The van der Waals surface area contributed by atoms with E-state index in [9.17, 15) is 10.1 Å². The van der Waals surface area contributed by atoms with E-state index in [1.165, 1.54) is 13.3 Å². The maximum Gasteiger partial charge on any atom is 0.366 e. The van der Waals surface area contributed by atoms with E-state index in [1.807, 2.05) is 0 Å². The average molecular weight is 168 g/mol. The molecule has 0 atom stereocenters. The summed E-state index contributed by atoms with van der Waals surface area (Å²) in [6, 6.07) is 1.57. The Kier molecular flexibility index (Phi) is 2.23. The van der Waals surface area contributed by atoms with E-state index in [4.69, 9.17) is 4.74 Å². The van der Waals surface area contributed by atoms with Crippen LogP contribution in [0.25, 0.3) is 0 Å². The van der Waals surface area contributed by atoms with Crippen LogP contribution in [0.3, 0.4) is 0 Å². The number of hydrogen-bond acceptors (Lipinski definition) is 4. The van der Waals surface area contributed by atoms with Crippen LogP contribution in [0, 0.1) is 17.0 Å². The van der Waals surface area contributed by atoms with Gasteiger partial charge in [-0.2, -0.15) is 0 Å². The second kappa shape index (κ2) is 3.17. The van der Waals surface area contributed by atoms with Crippen molar-refractivity contribution < 1.29 is 9.66 Å². The molecule has 0 fully saturated rings. The SMILES string of the molecule is COc1cnc([N+](=O)[O-])c(C)c1. The summed E-state index contributed by atoms with van der Waals surface area (Å²) in [7, 11) is 1.49. The molecule has 1 rings (SSSR count). The molecule has 0 bridgehead atoms. The van der Waals surface area contributed by atoms with Crippen molar-refractivity contribution in [3.05, 3.63) is 27.9 Å². The Balaban J connectivity index is 3.12. The van der Waals surface area contributed by atoms with Gasteiger partial charge in [0.1, 0.15) is 0 Å². The molecule has 0 saturated carbocycles. The van der Waals surface area contributed by atoms with E-state index >= 15 is 0 Å². The number of rotatable bonds is 2. The van der Waals surface area contributed by atoms with Crippen LogP contribution in [-0.2, 0) is 0 Å². The van der Waals surface area contributed by atoms with Crippen LogP contribution < -0.4 is 4.74 Å². The molecule has 0 aliphatic heterocycles. The Hall–Kier alpha value is -1.65. The second-order valence-electron chi connectivity index (χ2n) is 2.27. The Morgan fingerprint density at radius 3 is 2.75 bits per heavy atom. The third kappa shape index (κ3) is 1.50. The molecule has 1 aromatic rings. The molecule has 0 N–H and O–H groups in total. The number of hydrogen-bond donors (Lipinski definition) is 0. The van der Waals surface area contributed by atoms with Crippen molar-refractivity contribution in [2.45, 2.75) is 6.92 Å². The highest BCUT2D eigenvalue weighted by atomic mass is 16.6. The number of aromatic nitrogens is 1. The topological polar surface area (TPSA) is 65.3 Å². The molecule has 0 radical (unpaired) electrons. The van der Waals surface area contributed by atoms with Gasteiger partial charge in [0.15, 0.2) is 11.9 Å². The van der Waals surface area contributed by atoms with Crippen LogP contribution in [0.5, 0.6) is 5.75 Å². The first-order valence-electron chi connectivity index (χ1n) is 3.30. The van der Waals surface area contributed by atoms with Crippen LogP contribution in [0.4, 0.5) is 5.82 Å². The number of ether oxygens (including phenoxy) is 1. The third-order valence-electron chi connectivity index (χ3n) is 1.43. The maximum absolute atomic E-state index is 10.3. The van der Waals surface area contributed by atoms with Crippen molar-refractivity contribution in [2.75, 3.05) is 7.11 Å². The summed E-state index contributed by atoms with van der Waals surface area (Å²) in [5.74, 6) is 0.397. The van der Waals surface area contributed by atoms with E-state index in [0.29, 0.717) is 11.3 Å². The van der Waals surface area contributed by atoms with Crippen molar-refractivity contribution in [3.63, 3.8) is 0 Å². The first-order valence-corrected chi connectivity index (χ1v) is 3.30. The van der Waals surface area contributed by atoms with Crippen LogP contribution in [0.1, 0.15) is 5.56 Å². The van der Waals surface area contributed by atoms with Crippen molar-refractivity contribution in [3.8, 4) is 5.75 Å². The molecule has 0 aliphatic rings. The summed E-state index contributed by atoms with van der Waals surface area (Å²) in [4.78, 5) is 13.4. The van der Waals surface area contributed by atoms with E-state index in [0.717, 1.165) is 0 Å². The van der Waals surface area contributed by atoms with E-state index < -0.39 is 4.92 Å². The summed E-state index contributed by atoms with van der Waals surface area (Å²) in [5, 5.41) is 10.3. The third-order valence-corrected chi connectivity index (χ3v) is 1.43. The fourth-order valence-electron chi connectivity index (χ4n) is 0.845. The summed E-state index contributed by atoms with van der Waals surface area (Å²) in [6.45, 7) is 1.62. The minimum Gasteiger partial charge on any atom is -0.493 e. The Bertz CT molecular complexity index is 312. The predicted molar refractivity (Wildman–Crippen MR) is 42.2 cm³/mol. The molecule has 12 heavy (non-hydrogen) atoms. The fraction of sp³-hybridized carbons (Fsp3) is 0.286. The van der Waals surface area contributed by atoms with E-state index in [-0.39, 0.29) is 5.82 Å². The zero-order chi connectivity index (χ0) is 9.14. The van der Waals surface area contributed by atoms with Gasteiger partial charge in [0.05, 0.1) is 12.7 Å². The van der Waals surface area contributed by atoms with Gasteiger partial charge in [-0.25, -0.2) is 0 Å². The molecule has 5 nitrogen and oxygen atoms in total. The number of nitro groups is 1. The standard InChI is InChI=1S/C7H8N2O3/c1-5-3-6(12-2)4-8-7(5)9(10)11/h3-4H,1-2H3. The van der Waals surface area contributed by atoms with Gasteiger partial charge >= 0.3 is 5.82 Å². The predicted octanol–water partition coefficient (Wildman–Crippen LogP) is 1.31. The lowest BCUT2D eigenvalue weighted by atomic mass is 10.3. The summed E-state index contributed by atoms with van der Waals surface area (Å²) in [6.07, 6.45) is 1.32. The number of methoxy groups -OCH3 is 1. The average Bonchev–Trinajstić information content (AvgIpc) is 2.03. The van der Waals surface area contributed by atoms with Crippen LogP contribution in [0.15, 0.2) is 12.3 Å². The molecule has 1 aromatic heterocycles. The molecule has 0 spiro atoms. The number of aryl methyl sites for hydroxylation is 1. The van der Waals surface area contributed by atoms with E-state index in [2.05, 4.69) is 4.98 Å². The van der Waals surface area contributed by atoms with Crippen molar-refractivity contribution in [1.82, 2.24) is 4.98 Å². The fourth-order valence-corrected chi connectivity index (χ4v) is 0.845. The Labute approximate surface area is 69.1 Å². The molecular formula is C7H8N2O3. The lowest BCUT2D eigenvalue weighted by molar-refractivity contribution is -0.390. The molecule has 0 amide bonds. The molecule has 0 unspecified atom stereocenters. The van der Waals surface area contributed by atoms with Crippen LogP contribution >= 0.6 is 0 Å². The highest BCUT2D eigenvalue weighted by Crippen LogP contribution is 2.18. The second-order valence-corrected chi connectivity index (χ2v) is 2.27. The van der Waals surface area contributed by atoms with Crippen LogP contribution in [-0.4, -0.2) is 17.0 Å². The zero-order valence-electron chi connectivity index (χ0n) is 6.77. The van der Waals surface area contributed by atoms with Crippen LogP contribution in [0.2, 0.25) is 0 Å². The summed E-state index contributed by atoms with van der Waals surface area (Å²) >= 11 is 0. The Morgan fingerprint density at radius 2 is 2.33 bits per heavy atom. The Morgan fingerprint density at radius 1 is 1.67 bits per heavy atom. The first kappa shape index (κ1) is 8.45.